The third-order valence-electron chi connectivity index (χ3n) is 5.17. The predicted molar refractivity (Wildman–Crippen MR) is 114 cm³/mol. The molecule has 1 aliphatic rings. The van der Waals surface area contributed by atoms with E-state index in [4.69, 9.17) is 4.74 Å². The van der Waals surface area contributed by atoms with Crippen LogP contribution in [0, 0.1) is 0 Å². The zero-order chi connectivity index (χ0) is 20.9. The average molecular weight is 406 g/mol. The van der Waals surface area contributed by atoms with Crippen molar-refractivity contribution in [1.29, 1.82) is 0 Å². The monoisotopic (exact) mass is 405 g/mol. The van der Waals surface area contributed by atoms with E-state index in [1.807, 2.05) is 72.2 Å². The molecule has 1 atom stereocenters. The molecule has 0 spiro atoms. The molecule has 1 amide bonds. The molecule has 0 unspecified atom stereocenters. The van der Waals surface area contributed by atoms with Crippen molar-refractivity contribution in [3.8, 4) is 5.75 Å². The first-order chi connectivity index (χ1) is 14.6. The second-order valence-electron chi connectivity index (χ2n) is 7.85. The van der Waals surface area contributed by atoms with Gasteiger partial charge in [-0.25, -0.2) is 0 Å². The minimum absolute atomic E-state index is 0.0215. The van der Waals surface area contributed by atoms with Crippen LogP contribution in [-0.2, 0) is 19.5 Å². The Bertz CT molecular complexity index is 948. The summed E-state index contributed by atoms with van der Waals surface area (Å²) in [5, 5.41) is 4.59. The van der Waals surface area contributed by atoms with Gasteiger partial charge in [0.2, 0.25) is 0 Å². The number of fused-ring (bicyclic) bond motifs is 1. The molecule has 4 rings (SSSR count). The van der Waals surface area contributed by atoms with Gasteiger partial charge in [-0.2, -0.15) is 5.10 Å². The van der Waals surface area contributed by atoms with E-state index in [1.165, 1.54) is 0 Å². The Morgan fingerprint density at radius 1 is 1.13 bits per heavy atom. The highest BCUT2D eigenvalue weighted by Crippen LogP contribution is 2.22. The molecule has 156 valence electrons. The number of carbonyl (C=O) groups is 1. The van der Waals surface area contributed by atoms with Crippen molar-refractivity contribution in [1.82, 2.24) is 24.6 Å². The highest BCUT2D eigenvalue weighted by atomic mass is 16.5. The maximum Gasteiger partial charge on any atom is 0.274 e. The van der Waals surface area contributed by atoms with Crippen LogP contribution >= 0.6 is 0 Å². The van der Waals surface area contributed by atoms with E-state index >= 15 is 0 Å². The molecule has 0 aliphatic carbocycles. The van der Waals surface area contributed by atoms with Crippen LogP contribution in [0.2, 0.25) is 0 Å². The molecule has 0 radical (unpaired) electrons. The molecule has 0 bridgehead atoms. The third-order valence-corrected chi connectivity index (χ3v) is 5.17. The number of hydrogen-bond acceptors (Lipinski definition) is 5. The molecular formula is C23H27N5O2. The molecule has 1 aliphatic heterocycles. The third kappa shape index (κ3) is 4.86. The summed E-state index contributed by atoms with van der Waals surface area (Å²) < 4.78 is 7.90. The average Bonchev–Trinajstić information content (AvgIpc) is 3.30. The number of amides is 1. The maximum atomic E-state index is 13.2. The number of benzene rings is 1. The first-order valence-corrected chi connectivity index (χ1v) is 10.2. The number of carbonyl (C=O) groups excluding carboxylic acids is 1. The molecule has 1 aromatic carbocycles. The van der Waals surface area contributed by atoms with Crippen molar-refractivity contribution in [2.75, 3.05) is 27.2 Å². The van der Waals surface area contributed by atoms with Crippen molar-refractivity contribution in [3.63, 3.8) is 0 Å². The van der Waals surface area contributed by atoms with Crippen LogP contribution in [-0.4, -0.2) is 63.8 Å². The summed E-state index contributed by atoms with van der Waals surface area (Å²) in [5.41, 5.74) is 2.65. The summed E-state index contributed by atoms with van der Waals surface area (Å²) >= 11 is 0. The first kappa shape index (κ1) is 20.1. The zero-order valence-corrected chi connectivity index (χ0v) is 17.4. The topological polar surface area (TPSA) is 63.5 Å². The number of nitrogens with zero attached hydrogens (tertiary/aromatic N) is 5. The number of hydrogen-bond donors (Lipinski definition) is 0. The Balaban J connectivity index is 1.44. The summed E-state index contributed by atoms with van der Waals surface area (Å²) in [6.07, 6.45) is 4.19. The minimum Gasteiger partial charge on any atom is -0.488 e. The quantitative estimate of drug-likeness (QED) is 0.576. The SMILES string of the molecule is CN(C)CCN(Cc1ccccc1)C(=O)c1cc2n(n1)C[C@@H](Oc1ccncc1)C2. The van der Waals surface area contributed by atoms with Gasteiger partial charge < -0.3 is 14.5 Å². The Labute approximate surface area is 176 Å². The van der Waals surface area contributed by atoms with Crippen molar-refractivity contribution >= 4 is 5.91 Å². The Kier molecular flexibility index (Phi) is 6.09. The molecule has 0 N–H and O–H groups in total. The number of likely N-dealkylation sites (N-methyl/N-ethyl adjacent to an activating group) is 1. The van der Waals surface area contributed by atoms with Crippen LogP contribution in [0.5, 0.6) is 5.75 Å². The second-order valence-corrected chi connectivity index (χ2v) is 7.85. The van der Waals surface area contributed by atoms with E-state index in [1.54, 1.807) is 12.4 Å². The van der Waals surface area contributed by atoms with Crippen LogP contribution in [0.4, 0.5) is 0 Å². The highest BCUT2D eigenvalue weighted by molar-refractivity contribution is 5.92. The van der Waals surface area contributed by atoms with Gasteiger partial charge in [0.25, 0.3) is 5.91 Å². The fraction of sp³-hybridized carbons (Fsp3) is 0.348. The fourth-order valence-corrected chi connectivity index (χ4v) is 3.60. The maximum absolute atomic E-state index is 13.2. The lowest BCUT2D eigenvalue weighted by Crippen LogP contribution is -2.36. The van der Waals surface area contributed by atoms with Crippen LogP contribution < -0.4 is 4.74 Å². The van der Waals surface area contributed by atoms with Gasteiger partial charge in [0.05, 0.1) is 6.54 Å². The molecule has 3 heterocycles. The summed E-state index contributed by atoms with van der Waals surface area (Å²) in [4.78, 5) is 21.2. The van der Waals surface area contributed by atoms with Crippen molar-refractivity contribution < 1.29 is 9.53 Å². The van der Waals surface area contributed by atoms with E-state index in [0.29, 0.717) is 25.3 Å². The van der Waals surface area contributed by atoms with Crippen LogP contribution in [0.15, 0.2) is 60.9 Å². The Hall–Kier alpha value is -3.19. The Morgan fingerprint density at radius 2 is 1.90 bits per heavy atom. The van der Waals surface area contributed by atoms with Gasteiger partial charge in [0.15, 0.2) is 5.69 Å². The molecule has 7 heteroatoms. The lowest BCUT2D eigenvalue weighted by molar-refractivity contribution is 0.0724. The second kappa shape index (κ2) is 9.09. The summed E-state index contributed by atoms with van der Waals surface area (Å²) in [7, 11) is 4.03. The minimum atomic E-state index is -0.0331. The number of aromatic nitrogens is 3. The molecule has 0 saturated carbocycles. The van der Waals surface area contributed by atoms with Crippen LogP contribution in [0.25, 0.3) is 0 Å². The highest BCUT2D eigenvalue weighted by Gasteiger charge is 2.28. The predicted octanol–water partition coefficient (Wildman–Crippen LogP) is 2.49. The molecule has 3 aromatic rings. The molecule has 0 fully saturated rings. The van der Waals surface area contributed by atoms with Crippen molar-refractivity contribution in [3.05, 3.63) is 77.9 Å². The molecule has 0 saturated heterocycles. The molecule has 30 heavy (non-hydrogen) atoms. The zero-order valence-electron chi connectivity index (χ0n) is 17.4. The summed E-state index contributed by atoms with van der Waals surface area (Å²) in [6.45, 7) is 2.66. The van der Waals surface area contributed by atoms with E-state index in [9.17, 15) is 4.79 Å². The van der Waals surface area contributed by atoms with Crippen molar-refractivity contribution in [2.24, 2.45) is 0 Å². The largest absolute Gasteiger partial charge is 0.488 e. The number of rotatable bonds is 8. The number of pyridine rings is 1. The van der Waals surface area contributed by atoms with Crippen LogP contribution in [0.3, 0.4) is 0 Å². The molecular weight excluding hydrogens is 378 g/mol. The van der Waals surface area contributed by atoms with Gasteiger partial charge in [0.1, 0.15) is 11.9 Å². The lowest BCUT2D eigenvalue weighted by Gasteiger charge is -2.24. The van der Waals surface area contributed by atoms with Gasteiger partial charge in [-0.15, -0.1) is 0 Å². The van der Waals surface area contributed by atoms with Gasteiger partial charge in [-0.1, -0.05) is 30.3 Å². The lowest BCUT2D eigenvalue weighted by atomic mass is 10.2. The summed E-state index contributed by atoms with van der Waals surface area (Å²) in [5.74, 6) is 0.768. The first-order valence-electron chi connectivity index (χ1n) is 10.2. The van der Waals surface area contributed by atoms with E-state index in [-0.39, 0.29) is 12.0 Å². The van der Waals surface area contributed by atoms with Crippen molar-refractivity contribution in [2.45, 2.75) is 25.6 Å². The van der Waals surface area contributed by atoms with Gasteiger partial charge in [-0.3, -0.25) is 14.5 Å². The standard InChI is InChI=1S/C23H27N5O2/c1-26(2)12-13-27(16-18-6-4-3-5-7-18)23(29)22-15-19-14-21(17-28(19)25-22)30-20-8-10-24-11-9-20/h3-11,15,21H,12-14,16-17H2,1-2H3/t21-/m0/s1. The van der Waals surface area contributed by atoms with Gasteiger partial charge >= 0.3 is 0 Å². The molecule has 2 aromatic heterocycles. The van der Waals surface area contributed by atoms with Gasteiger partial charge in [0, 0.05) is 44.1 Å². The fourth-order valence-electron chi connectivity index (χ4n) is 3.60. The number of ether oxygens (including phenoxy) is 1. The molecule has 7 nitrogen and oxygen atoms in total. The van der Waals surface area contributed by atoms with E-state index in [0.717, 1.165) is 30.0 Å². The van der Waals surface area contributed by atoms with E-state index < -0.39 is 0 Å². The normalized spacial score (nSPS) is 15.2. The van der Waals surface area contributed by atoms with Gasteiger partial charge in [-0.05, 0) is 37.9 Å². The summed E-state index contributed by atoms with van der Waals surface area (Å²) in [6, 6.07) is 15.7. The van der Waals surface area contributed by atoms with E-state index in [2.05, 4.69) is 15.0 Å². The smallest absolute Gasteiger partial charge is 0.274 e. The van der Waals surface area contributed by atoms with Crippen LogP contribution in [0.1, 0.15) is 21.7 Å². The Morgan fingerprint density at radius 3 is 2.60 bits per heavy atom.